The molecule has 0 bridgehead atoms. The first kappa shape index (κ1) is 16.8. The molecule has 0 radical (unpaired) electrons. The van der Waals surface area contributed by atoms with Gasteiger partial charge in [0.05, 0.1) is 13.2 Å². The van der Waals surface area contributed by atoms with Crippen molar-refractivity contribution >= 4 is 0 Å². The molecule has 0 aliphatic carbocycles. The van der Waals surface area contributed by atoms with E-state index in [-0.39, 0.29) is 0 Å². The van der Waals surface area contributed by atoms with E-state index in [2.05, 4.69) is 18.7 Å². The lowest BCUT2D eigenvalue weighted by atomic mass is 10.0. The predicted octanol–water partition coefficient (Wildman–Crippen LogP) is 1.34. The Bertz CT molecular complexity index is 167. The predicted molar refractivity (Wildman–Crippen MR) is 72.2 cm³/mol. The van der Waals surface area contributed by atoms with Crippen molar-refractivity contribution in [2.45, 2.75) is 32.7 Å². The minimum absolute atomic E-state index is 0.440. The molecule has 0 fully saturated rings. The maximum atomic E-state index is 5.54. The molecule has 4 heteroatoms. The first-order valence-electron chi connectivity index (χ1n) is 6.57. The van der Waals surface area contributed by atoms with Gasteiger partial charge in [-0.05, 0) is 32.2 Å². The molecular formula is C13H30N2O2. The highest BCUT2D eigenvalue weighted by molar-refractivity contribution is 4.70. The minimum Gasteiger partial charge on any atom is -0.383 e. The van der Waals surface area contributed by atoms with Gasteiger partial charge in [0, 0.05) is 33.4 Å². The van der Waals surface area contributed by atoms with Gasteiger partial charge in [-0.1, -0.05) is 6.92 Å². The zero-order valence-corrected chi connectivity index (χ0v) is 11.9. The molecule has 0 aliphatic heterocycles. The van der Waals surface area contributed by atoms with Gasteiger partial charge in [-0.15, -0.1) is 0 Å². The molecule has 0 aromatic heterocycles. The largest absolute Gasteiger partial charge is 0.383 e. The lowest BCUT2D eigenvalue weighted by Crippen LogP contribution is -2.41. The highest BCUT2D eigenvalue weighted by atomic mass is 16.5. The number of rotatable bonds is 11. The number of hydrogen-bond acceptors (Lipinski definition) is 4. The fourth-order valence-electron chi connectivity index (χ4n) is 2.00. The lowest BCUT2D eigenvalue weighted by Gasteiger charge is -2.30. The summed E-state index contributed by atoms with van der Waals surface area (Å²) in [5.74, 6) is 0.676. The molecule has 0 amide bonds. The summed E-state index contributed by atoms with van der Waals surface area (Å²) in [6.07, 6.45) is 2.30. The van der Waals surface area contributed by atoms with Crippen molar-refractivity contribution in [1.29, 1.82) is 0 Å². The van der Waals surface area contributed by atoms with Crippen molar-refractivity contribution in [1.82, 2.24) is 4.90 Å². The molecule has 0 heterocycles. The van der Waals surface area contributed by atoms with Gasteiger partial charge in [0.2, 0.25) is 0 Å². The van der Waals surface area contributed by atoms with E-state index in [1.807, 2.05) is 0 Å². The number of methoxy groups -OCH3 is 2. The van der Waals surface area contributed by atoms with Crippen LogP contribution in [-0.2, 0) is 9.47 Å². The molecule has 0 saturated heterocycles. The van der Waals surface area contributed by atoms with Gasteiger partial charge in [0.1, 0.15) is 0 Å². The summed E-state index contributed by atoms with van der Waals surface area (Å²) in [6.45, 7) is 8.88. The average molecular weight is 246 g/mol. The molecule has 2 N–H and O–H groups in total. The summed E-state index contributed by atoms with van der Waals surface area (Å²) in [4.78, 5) is 2.44. The van der Waals surface area contributed by atoms with Crippen LogP contribution in [0.1, 0.15) is 26.7 Å². The quantitative estimate of drug-likeness (QED) is 0.598. The third-order valence-corrected chi connectivity index (χ3v) is 3.06. The molecule has 0 rings (SSSR count). The third-order valence-electron chi connectivity index (χ3n) is 3.06. The Morgan fingerprint density at radius 2 is 1.88 bits per heavy atom. The van der Waals surface area contributed by atoms with Crippen molar-refractivity contribution in [2.75, 3.05) is 47.1 Å². The summed E-state index contributed by atoms with van der Waals surface area (Å²) in [5.41, 5.74) is 5.54. The Morgan fingerprint density at radius 1 is 1.18 bits per heavy atom. The van der Waals surface area contributed by atoms with Crippen LogP contribution in [-0.4, -0.2) is 58.0 Å². The molecular weight excluding hydrogens is 216 g/mol. The van der Waals surface area contributed by atoms with E-state index < -0.39 is 0 Å². The lowest BCUT2D eigenvalue weighted by molar-refractivity contribution is 0.0655. The van der Waals surface area contributed by atoms with Crippen LogP contribution in [0.25, 0.3) is 0 Å². The molecule has 0 aliphatic rings. The van der Waals surface area contributed by atoms with E-state index in [4.69, 9.17) is 15.2 Å². The first-order chi connectivity index (χ1) is 8.15. The number of nitrogens with two attached hydrogens (primary N) is 1. The second-order valence-corrected chi connectivity index (χ2v) is 4.83. The zero-order valence-electron chi connectivity index (χ0n) is 11.9. The van der Waals surface area contributed by atoms with Crippen molar-refractivity contribution in [2.24, 2.45) is 11.7 Å². The topological polar surface area (TPSA) is 47.7 Å². The highest BCUT2D eigenvalue weighted by Crippen LogP contribution is 2.10. The smallest absolute Gasteiger partial charge is 0.0615 e. The van der Waals surface area contributed by atoms with Crippen LogP contribution in [0.3, 0.4) is 0 Å². The number of ether oxygens (including phenoxy) is 2. The van der Waals surface area contributed by atoms with Gasteiger partial charge in [-0.2, -0.15) is 0 Å². The van der Waals surface area contributed by atoms with Crippen molar-refractivity contribution in [3.63, 3.8) is 0 Å². The van der Waals surface area contributed by atoms with E-state index in [1.54, 1.807) is 14.2 Å². The first-order valence-corrected chi connectivity index (χ1v) is 6.57. The molecule has 104 valence electrons. The Kier molecular flexibility index (Phi) is 10.9. The molecule has 17 heavy (non-hydrogen) atoms. The molecule has 0 aromatic carbocycles. The minimum atomic E-state index is 0.440. The Morgan fingerprint density at radius 3 is 2.41 bits per heavy atom. The van der Waals surface area contributed by atoms with Crippen LogP contribution in [0.2, 0.25) is 0 Å². The summed E-state index contributed by atoms with van der Waals surface area (Å²) in [6, 6.07) is 0.440. The zero-order chi connectivity index (χ0) is 13.1. The van der Waals surface area contributed by atoms with Crippen molar-refractivity contribution in [3.8, 4) is 0 Å². The van der Waals surface area contributed by atoms with E-state index in [9.17, 15) is 0 Å². The molecule has 0 aromatic rings. The van der Waals surface area contributed by atoms with Crippen LogP contribution in [0.15, 0.2) is 0 Å². The van der Waals surface area contributed by atoms with Crippen LogP contribution < -0.4 is 5.73 Å². The monoisotopic (exact) mass is 246 g/mol. The van der Waals surface area contributed by atoms with Crippen LogP contribution >= 0.6 is 0 Å². The average Bonchev–Trinajstić information content (AvgIpc) is 2.32. The summed E-state index contributed by atoms with van der Waals surface area (Å²) < 4.78 is 10.4. The molecule has 4 nitrogen and oxygen atoms in total. The van der Waals surface area contributed by atoms with Crippen LogP contribution in [0.5, 0.6) is 0 Å². The summed E-state index contributed by atoms with van der Waals surface area (Å²) in [5, 5.41) is 0. The van der Waals surface area contributed by atoms with Gasteiger partial charge in [0.15, 0.2) is 0 Å². The standard InChI is InChI=1S/C13H30N2O2/c1-12(6-5-7-14)10-15(8-9-16-3)13(2)11-17-4/h12-13H,5-11,14H2,1-4H3. The van der Waals surface area contributed by atoms with E-state index in [0.717, 1.165) is 39.3 Å². The normalized spacial score (nSPS) is 15.2. The molecule has 0 spiro atoms. The highest BCUT2D eigenvalue weighted by Gasteiger charge is 2.16. The molecule has 2 atom stereocenters. The second-order valence-electron chi connectivity index (χ2n) is 4.83. The van der Waals surface area contributed by atoms with E-state index in [1.165, 1.54) is 6.42 Å². The van der Waals surface area contributed by atoms with E-state index >= 15 is 0 Å². The fraction of sp³-hybridized carbons (Fsp3) is 1.00. The SMILES string of the molecule is COCCN(CC(C)CCCN)C(C)COC. The summed E-state index contributed by atoms with van der Waals surface area (Å²) >= 11 is 0. The molecule has 2 unspecified atom stereocenters. The van der Waals surface area contributed by atoms with Gasteiger partial charge in [0.25, 0.3) is 0 Å². The maximum absolute atomic E-state index is 5.54. The molecule has 0 saturated carbocycles. The van der Waals surface area contributed by atoms with Gasteiger partial charge >= 0.3 is 0 Å². The van der Waals surface area contributed by atoms with E-state index in [0.29, 0.717) is 12.0 Å². The van der Waals surface area contributed by atoms with Crippen LogP contribution in [0, 0.1) is 5.92 Å². The van der Waals surface area contributed by atoms with Gasteiger partial charge in [-0.25, -0.2) is 0 Å². The Balaban J connectivity index is 4.06. The van der Waals surface area contributed by atoms with Gasteiger partial charge in [-0.3, -0.25) is 4.90 Å². The number of nitrogens with zero attached hydrogens (tertiary/aromatic N) is 1. The Labute approximate surface area is 106 Å². The van der Waals surface area contributed by atoms with Crippen molar-refractivity contribution < 1.29 is 9.47 Å². The Hall–Kier alpha value is -0.160. The maximum Gasteiger partial charge on any atom is 0.0615 e. The van der Waals surface area contributed by atoms with Gasteiger partial charge < -0.3 is 15.2 Å². The second kappa shape index (κ2) is 11.0. The summed E-state index contributed by atoms with van der Waals surface area (Å²) in [7, 11) is 3.50. The third kappa shape index (κ3) is 8.55. The van der Waals surface area contributed by atoms with Crippen molar-refractivity contribution in [3.05, 3.63) is 0 Å². The number of hydrogen-bond donors (Lipinski definition) is 1. The fourth-order valence-corrected chi connectivity index (χ4v) is 2.00. The van der Waals surface area contributed by atoms with Crippen LogP contribution in [0.4, 0.5) is 0 Å².